The fourth-order valence-electron chi connectivity index (χ4n) is 1.49. The number of nitrogen functional groups attached to an aromatic ring is 1. The number of hydrogen-bond acceptors (Lipinski definition) is 4. The second kappa shape index (κ2) is 4.79. The average Bonchev–Trinajstić information content (AvgIpc) is 2.68. The van der Waals surface area contributed by atoms with E-state index in [-0.39, 0.29) is 0 Å². The third-order valence-corrected chi connectivity index (χ3v) is 3.11. The molecule has 0 amide bonds. The van der Waals surface area contributed by atoms with Crippen LogP contribution in [0.15, 0.2) is 27.2 Å². The van der Waals surface area contributed by atoms with Crippen molar-refractivity contribution in [2.75, 3.05) is 11.1 Å². The molecule has 2 rings (SSSR count). The number of aromatic nitrogens is 1. The fourth-order valence-corrected chi connectivity index (χ4v) is 1.99. The highest BCUT2D eigenvalue weighted by molar-refractivity contribution is 9.10. The van der Waals surface area contributed by atoms with Crippen molar-refractivity contribution in [2.24, 2.45) is 0 Å². The van der Waals surface area contributed by atoms with Crippen molar-refractivity contribution in [1.29, 1.82) is 0 Å². The van der Waals surface area contributed by atoms with Crippen LogP contribution in [0.4, 0.5) is 11.4 Å². The van der Waals surface area contributed by atoms with Crippen LogP contribution in [0.2, 0.25) is 0 Å². The van der Waals surface area contributed by atoms with Gasteiger partial charge in [-0.3, -0.25) is 0 Å². The molecule has 1 aromatic heterocycles. The molecule has 0 aliphatic carbocycles. The molecule has 0 fully saturated rings. The Morgan fingerprint density at radius 1 is 1.41 bits per heavy atom. The largest absolute Gasteiger partial charge is 0.444 e. The molecule has 0 unspecified atom stereocenters. The molecule has 0 atom stereocenters. The summed E-state index contributed by atoms with van der Waals surface area (Å²) in [7, 11) is 0. The first-order chi connectivity index (χ1) is 8.06. The van der Waals surface area contributed by atoms with Gasteiger partial charge < -0.3 is 15.5 Å². The van der Waals surface area contributed by atoms with Crippen molar-refractivity contribution in [3.05, 3.63) is 40.0 Å². The minimum Gasteiger partial charge on any atom is -0.444 e. The minimum absolute atomic E-state index is 0.551. The minimum atomic E-state index is 0.551. The molecular formula is C12H14BrN3O. The number of hydrogen-bond donors (Lipinski definition) is 2. The summed E-state index contributed by atoms with van der Waals surface area (Å²) in [6.45, 7) is 4.40. The first kappa shape index (κ1) is 12.0. The van der Waals surface area contributed by atoms with E-state index in [0.717, 1.165) is 27.2 Å². The topological polar surface area (TPSA) is 64.1 Å². The molecular weight excluding hydrogens is 282 g/mol. The molecule has 0 aliphatic rings. The number of nitrogens with one attached hydrogen (secondary N) is 1. The van der Waals surface area contributed by atoms with Gasteiger partial charge in [-0.05, 0) is 47.5 Å². The van der Waals surface area contributed by atoms with Gasteiger partial charge in [-0.1, -0.05) is 0 Å². The molecule has 4 nitrogen and oxygen atoms in total. The molecule has 1 heterocycles. The standard InChI is InChI=1S/C12H14BrN3O/c1-7-3-11(9(13)4-10(7)14)15-6-12-16-5-8(2)17-12/h3-5,15H,6,14H2,1-2H3. The molecule has 3 N–H and O–H groups in total. The molecule has 1 aromatic carbocycles. The summed E-state index contributed by atoms with van der Waals surface area (Å²) in [5, 5.41) is 3.25. The number of anilines is 2. The van der Waals surface area contributed by atoms with Crippen molar-refractivity contribution >= 4 is 27.3 Å². The summed E-state index contributed by atoms with van der Waals surface area (Å²) in [4.78, 5) is 4.13. The molecule has 90 valence electrons. The number of oxazole rings is 1. The van der Waals surface area contributed by atoms with Crippen LogP contribution < -0.4 is 11.1 Å². The van der Waals surface area contributed by atoms with Crippen LogP contribution in [0.3, 0.4) is 0 Å². The quantitative estimate of drug-likeness (QED) is 0.853. The van der Waals surface area contributed by atoms with Gasteiger partial charge in [0.25, 0.3) is 0 Å². The Hall–Kier alpha value is -1.49. The van der Waals surface area contributed by atoms with E-state index in [4.69, 9.17) is 10.2 Å². The summed E-state index contributed by atoms with van der Waals surface area (Å²) in [6.07, 6.45) is 1.71. The van der Waals surface area contributed by atoms with E-state index in [2.05, 4.69) is 26.2 Å². The number of rotatable bonds is 3. The lowest BCUT2D eigenvalue weighted by molar-refractivity contribution is 0.479. The highest BCUT2D eigenvalue weighted by atomic mass is 79.9. The zero-order valence-corrected chi connectivity index (χ0v) is 11.3. The van der Waals surface area contributed by atoms with Crippen LogP contribution in [0.25, 0.3) is 0 Å². The van der Waals surface area contributed by atoms with Crippen molar-refractivity contribution in [3.8, 4) is 0 Å². The molecule has 0 spiro atoms. The maximum absolute atomic E-state index is 5.81. The van der Waals surface area contributed by atoms with Gasteiger partial charge in [0.1, 0.15) is 5.76 Å². The number of benzene rings is 1. The number of nitrogens with zero attached hydrogens (tertiary/aromatic N) is 1. The van der Waals surface area contributed by atoms with Crippen LogP contribution in [0.1, 0.15) is 17.2 Å². The Labute approximate surface area is 108 Å². The number of aryl methyl sites for hydroxylation is 2. The summed E-state index contributed by atoms with van der Waals surface area (Å²) in [5.41, 5.74) is 8.60. The SMILES string of the molecule is Cc1cnc(CNc2cc(C)c(N)cc2Br)o1. The van der Waals surface area contributed by atoms with Crippen LogP contribution in [-0.4, -0.2) is 4.98 Å². The van der Waals surface area contributed by atoms with Gasteiger partial charge in [0.2, 0.25) is 5.89 Å². The lowest BCUT2D eigenvalue weighted by atomic mass is 10.2. The summed E-state index contributed by atoms with van der Waals surface area (Å²) in [5.74, 6) is 1.48. The Morgan fingerprint density at radius 3 is 2.82 bits per heavy atom. The van der Waals surface area contributed by atoms with E-state index in [1.807, 2.05) is 26.0 Å². The van der Waals surface area contributed by atoms with Crippen molar-refractivity contribution < 1.29 is 4.42 Å². The number of nitrogens with two attached hydrogens (primary N) is 1. The molecule has 0 radical (unpaired) electrons. The van der Waals surface area contributed by atoms with Crippen molar-refractivity contribution in [3.63, 3.8) is 0 Å². The van der Waals surface area contributed by atoms with Crippen LogP contribution in [0, 0.1) is 13.8 Å². The second-order valence-corrected chi connectivity index (χ2v) is 4.76. The van der Waals surface area contributed by atoms with Gasteiger partial charge in [-0.2, -0.15) is 0 Å². The molecule has 0 aliphatic heterocycles. The van der Waals surface area contributed by atoms with E-state index in [9.17, 15) is 0 Å². The van der Waals surface area contributed by atoms with Gasteiger partial charge in [0.05, 0.1) is 12.7 Å². The maximum Gasteiger partial charge on any atom is 0.213 e. The monoisotopic (exact) mass is 295 g/mol. The Kier molecular flexibility index (Phi) is 3.38. The van der Waals surface area contributed by atoms with E-state index in [1.54, 1.807) is 6.20 Å². The van der Waals surface area contributed by atoms with E-state index in [0.29, 0.717) is 12.4 Å². The first-order valence-electron chi connectivity index (χ1n) is 5.27. The zero-order valence-electron chi connectivity index (χ0n) is 9.75. The van der Waals surface area contributed by atoms with Crippen molar-refractivity contribution in [1.82, 2.24) is 4.98 Å². The average molecular weight is 296 g/mol. The maximum atomic E-state index is 5.81. The highest BCUT2D eigenvalue weighted by Gasteiger charge is 2.05. The molecule has 2 aromatic rings. The fraction of sp³-hybridized carbons (Fsp3) is 0.250. The van der Waals surface area contributed by atoms with Gasteiger partial charge in [0, 0.05) is 15.8 Å². The highest BCUT2D eigenvalue weighted by Crippen LogP contribution is 2.28. The molecule has 0 saturated heterocycles. The molecule has 0 bridgehead atoms. The third kappa shape index (κ3) is 2.79. The van der Waals surface area contributed by atoms with E-state index in [1.165, 1.54) is 0 Å². The van der Waals surface area contributed by atoms with Crippen LogP contribution in [-0.2, 0) is 6.54 Å². The predicted molar refractivity (Wildman–Crippen MR) is 71.9 cm³/mol. The normalized spacial score (nSPS) is 10.5. The molecule has 5 heteroatoms. The third-order valence-electron chi connectivity index (χ3n) is 2.45. The van der Waals surface area contributed by atoms with Gasteiger partial charge >= 0.3 is 0 Å². The summed E-state index contributed by atoms with van der Waals surface area (Å²) < 4.78 is 6.32. The second-order valence-electron chi connectivity index (χ2n) is 3.91. The predicted octanol–water partition coefficient (Wildman–Crippen LogP) is 3.25. The smallest absolute Gasteiger partial charge is 0.213 e. The molecule has 17 heavy (non-hydrogen) atoms. The van der Waals surface area contributed by atoms with Gasteiger partial charge in [-0.15, -0.1) is 0 Å². The molecule has 0 saturated carbocycles. The van der Waals surface area contributed by atoms with Crippen LogP contribution in [0.5, 0.6) is 0 Å². The van der Waals surface area contributed by atoms with Crippen LogP contribution >= 0.6 is 15.9 Å². The first-order valence-corrected chi connectivity index (χ1v) is 6.06. The lowest BCUT2D eigenvalue weighted by Crippen LogP contribution is -2.01. The zero-order chi connectivity index (χ0) is 12.4. The Balaban J connectivity index is 2.11. The summed E-state index contributed by atoms with van der Waals surface area (Å²) >= 11 is 3.47. The Morgan fingerprint density at radius 2 is 2.18 bits per heavy atom. The van der Waals surface area contributed by atoms with E-state index >= 15 is 0 Å². The summed E-state index contributed by atoms with van der Waals surface area (Å²) in [6, 6.07) is 3.88. The van der Waals surface area contributed by atoms with Gasteiger partial charge in [0.15, 0.2) is 0 Å². The van der Waals surface area contributed by atoms with Gasteiger partial charge in [-0.25, -0.2) is 4.98 Å². The Bertz CT molecular complexity index is 537. The lowest BCUT2D eigenvalue weighted by Gasteiger charge is -2.09. The number of halogens is 1. The van der Waals surface area contributed by atoms with E-state index < -0.39 is 0 Å². The van der Waals surface area contributed by atoms with Crippen molar-refractivity contribution in [2.45, 2.75) is 20.4 Å².